The molecule has 0 atom stereocenters. The summed E-state index contributed by atoms with van der Waals surface area (Å²) in [4.78, 5) is 24.9. The number of hydrogen-bond acceptors (Lipinski definition) is 6. The molecule has 0 radical (unpaired) electrons. The number of aryl methyl sites for hydroxylation is 2. The first kappa shape index (κ1) is 20.9. The molecule has 6 nitrogen and oxygen atoms in total. The Labute approximate surface area is 197 Å². The molecule has 1 aliphatic rings. The Kier molecular flexibility index (Phi) is 5.82. The molecule has 0 aliphatic heterocycles. The number of anilines is 2. The fourth-order valence-electron chi connectivity index (χ4n) is 3.80. The van der Waals surface area contributed by atoms with E-state index in [1.165, 1.54) is 39.6 Å². The summed E-state index contributed by atoms with van der Waals surface area (Å²) in [6, 6.07) is 17.1. The van der Waals surface area contributed by atoms with Crippen LogP contribution in [0.1, 0.15) is 21.5 Å². The first-order valence-electron chi connectivity index (χ1n) is 9.94. The van der Waals surface area contributed by atoms with E-state index in [4.69, 9.17) is 11.6 Å². The molecule has 0 saturated carbocycles. The molecule has 0 spiro atoms. The second kappa shape index (κ2) is 8.90. The summed E-state index contributed by atoms with van der Waals surface area (Å²) in [7, 11) is 0. The van der Waals surface area contributed by atoms with Crippen LogP contribution in [0.25, 0.3) is 10.8 Å². The molecule has 0 fully saturated rings. The second-order valence-electron chi connectivity index (χ2n) is 7.26. The van der Waals surface area contributed by atoms with E-state index in [0.717, 1.165) is 23.9 Å². The highest BCUT2D eigenvalue weighted by Gasteiger charge is 2.17. The van der Waals surface area contributed by atoms with Gasteiger partial charge in [0.1, 0.15) is 0 Å². The van der Waals surface area contributed by atoms with Crippen LogP contribution >= 0.6 is 34.7 Å². The Morgan fingerprint density at radius 1 is 0.969 bits per heavy atom. The molecule has 1 aromatic heterocycles. The van der Waals surface area contributed by atoms with E-state index in [2.05, 4.69) is 39.0 Å². The van der Waals surface area contributed by atoms with Crippen molar-refractivity contribution >= 4 is 68.1 Å². The maximum Gasteiger partial charge on any atom is 0.259 e. The van der Waals surface area contributed by atoms with Crippen molar-refractivity contribution in [2.45, 2.75) is 17.2 Å². The number of benzene rings is 3. The van der Waals surface area contributed by atoms with Crippen molar-refractivity contribution in [3.05, 3.63) is 76.3 Å². The summed E-state index contributed by atoms with van der Waals surface area (Å²) in [6.45, 7) is 0. The van der Waals surface area contributed by atoms with Crippen LogP contribution in [0.2, 0.25) is 5.02 Å². The summed E-state index contributed by atoms with van der Waals surface area (Å²) in [5.74, 6) is -0.283. The lowest BCUT2D eigenvalue weighted by molar-refractivity contribution is -0.113. The molecule has 0 unspecified atom stereocenters. The maximum atomic E-state index is 12.6. The summed E-state index contributed by atoms with van der Waals surface area (Å²) in [6.07, 6.45) is 2.10. The zero-order valence-corrected chi connectivity index (χ0v) is 19.1. The lowest BCUT2D eigenvalue weighted by atomic mass is 10.0. The number of carbonyl (C=O) groups excluding carboxylic acids is 2. The zero-order chi connectivity index (χ0) is 22.1. The van der Waals surface area contributed by atoms with Gasteiger partial charge in [-0.15, -0.1) is 10.2 Å². The molecule has 160 valence electrons. The van der Waals surface area contributed by atoms with Gasteiger partial charge in [0.15, 0.2) is 4.34 Å². The monoisotopic (exact) mass is 480 g/mol. The summed E-state index contributed by atoms with van der Waals surface area (Å²) in [5, 5.41) is 16.8. The largest absolute Gasteiger partial charge is 0.325 e. The number of nitrogens with one attached hydrogen (secondary N) is 2. The van der Waals surface area contributed by atoms with Gasteiger partial charge in [0.25, 0.3) is 5.91 Å². The Morgan fingerprint density at radius 2 is 1.78 bits per heavy atom. The molecule has 1 aliphatic carbocycles. The Bertz CT molecular complexity index is 1340. The first-order valence-corrected chi connectivity index (χ1v) is 12.1. The van der Waals surface area contributed by atoms with Gasteiger partial charge in [-0.25, -0.2) is 0 Å². The molecular weight excluding hydrogens is 464 g/mol. The van der Waals surface area contributed by atoms with E-state index in [-0.39, 0.29) is 17.6 Å². The normalized spacial score (nSPS) is 12.2. The van der Waals surface area contributed by atoms with Crippen LogP contribution in [0.5, 0.6) is 0 Å². The van der Waals surface area contributed by atoms with Gasteiger partial charge in [-0.2, -0.15) is 0 Å². The standard InChI is InChI=1S/C23H17ClN4O2S2/c24-17-7-2-1-5-15(17)21(30)26-22-27-28-23(32-22)31-12-19(29)25-18-11-10-14-9-8-13-4-3-6-16(18)20(13)14/h1-7,10-11H,8-9,12H2,(H,25,29)(H,26,27,30). The van der Waals surface area contributed by atoms with Crippen LogP contribution in [0, 0.1) is 0 Å². The van der Waals surface area contributed by atoms with E-state index >= 15 is 0 Å². The Hall–Kier alpha value is -2.94. The highest BCUT2D eigenvalue weighted by Crippen LogP contribution is 2.35. The summed E-state index contributed by atoms with van der Waals surface area (Å²) >= 11 is 8.54. The highest BCUT2D eigenvalue weighted by atomic mass is 35.5. The second-order valence-corrected chi connectivity index (χ2v) is 9.86. The smallest absolute Gasteiger partial charge is 0.259 e. The van der Waals surface area contributed by atoms with Gasteiger partial charge in [0.2, 0.25) is 11.0 Å². The van der Waals surface area contributed by atoms with Crippen molar-refractivity contribution in [3.63, 3.8) is 0 Å². The Balaban J connectivity index is 1.21. The molecule has 0 bridgehead atoms. The van der Waals surface area contributed by atoms with Crippen LogP contribution in [-0.4, -0.2) is 27.8 Å². The van der Waals surface area contributed by atoms with Crippen LogP contribution < -0.4 is 10.6 Å². The Morgan fingerprint density at radius 3 is 2.62 bits per heavy atom. The number of nitrogens with zero attached hydrogens (tertiary/aromatic N) is 2. The molecule has 5 rings (SSSR count). The van der Waals surface area contributed by atoms with Crippen molar-refractivity contribution in [1.29, 1.82) is 0 Å². The number of thioether (sulfide) groups is 1. The third kappa shape index (κ3) is 4.21. The summed E-state index contributed by atoms with van der Waals surface area (Å²) in [5.41, 5.74) is 3.86. The predicted octanol–water partition coefficient (Wildman–Crippen LogP) is 5.43. The van der Waals surface area contributed by atoms with Crippen molar-refractivity contribution < 1.29 is 9.59 Å². The van der Waals surface area contributed by atoms with Gasteiger partial charge in [-0.05, 0) is 47.6 Å². The van der Waals surface area contributed by atoms with Gasteiger partial charge in [-0.3, -0.25) is 14.9 Å². The molecule has 4 aromatic rings. The molecule has 0 saturated heterocycles. The molecule has 2 N–H and O–H groups in total. The molecule has 3 aromatic carbocycles. The van der Waals surface area contributed by atoms with Crippen molar-refractivity contribution in [1.82, 2.24) is 10.2 Å². The quantitative estimate of drug-likeness (QED) is 0.284. The number of carbonyl (C=O) groups is 2. The number of hydrogen-bond donors (Lipinski definition) is 2. The van der Waals surface area contributed by atoms with Crippen LogP contribution in [0.4, 0.5) is 10.8 Å². The minimum atomic E-state index is -0.354. The van der Waals surface area contributed by atoms with Crippen molar-refractivity contribution in [2.24, 2.45) is 0 Å². The SMILES string of the molecule is O=C(CSc1nnc(NC(=O)c2ccccc2Cl)s1)Nc1ccc2c3c(cccc13)CC2. The third-order valence-corrected chi connectivity index (χ3v) is 7.52. The van der Waals surface area contributed by atoms with Crippen molar-refractivity contribution in [2.75, 3.05) is 16.4 Å². The third-order valence-electron chi connectivity index (χ3n) is 5.22. The van der Waals surface area contributed by atoms with Gasteiger partial charge in [0, 0.05) is 11.1 Å². The summed E-state index contributed by atoms with van der Waals surface area (Å²) < 4.78 is 0.593. The minimum absolute atomic E-state index is 0.120. The van der Waals surface area contributed by atoms with Crippen LogP contribution in [0.15, 0.2) is 58.9 Å². The topological polar surface area (TPSA) is 84.0 Å². The van der Waals surface area contributed by atoms with Gasteiger partial charge in [0.05, 0.1) is 16.3 Å². The van der Waals surface area contributed by atoms with Gasteiger partial charge < -0.3 is 5.32 Å². The lowest BCUT2D eigenvalue weighted by Gasteiger charge is -2.10. The van der Waals surface area contributed by atoms with E-state index in [1.807, 2.05) is 12.1 Å². The average molecular weight is 481 g/mol. The number of halogens is 1. The molecule has 2 amide bonds. The fourth-order valence-corrected chi connectivity index (χ4v) is 5.57. The van der Waals surface area contributed by atoms with Gasteiger partial charge >= 0.3 is 0 Å². The maximum absolute atomic E-state index is 12.6. The van der Waals surface area contributed by atoms with E-state index in [0.29, 0.717) is 20.1 Å². The lowest BCUT2D eigenvalue weighted by Crippen LogP contribution is -2.14. The van der Waals surface area contributed by atoms with Crippen molar-refractivity contribution in [3.8, 4) is 0 Å². The highest BCUT2D eigenvalue weighted by molar-refractivity contribution is 8.01. The van der Waals surface area contributed by atoms with Crippen LogP contribution in [-0.2, 0) is 17.6 Å². The first-order chi connectivity index (χ1) is 15.6. The number of amides is 2. The van der Waals surface area contributed by atoms with E-state index in [9.17, 15) is 9.59 Å². The average Bonchev–Trinajstić information content (AvgIpc) is 3.42. The molecule has 9 heteroatoms. The van der Waals surface area contributed by atoms with Crippen LogP contribution in [0.3, 0.4) is 0 Å². The zero-order valence-electron chi connectivity index (χ0n) is 16.7. The minimum Gasteiger partial charge on any atom is -0.325 e. The van der Waals surface area contributed by atoms with E-state index in [1.54, 1.807) is 24.3 Å². The predicted molar refractivity (Wildman–Crippen MR) is 130 cm³/mol. The number of aromatic nitrogens is 2. The molecule has 1 heterocycles. The van der Waals surface area contributed by atoms with E-state index < -0.39 is 0 Å². The molecular formula is C23H17ClN4O2S2. The van der Waals surface area contributed by atoms with Gasteiger partial charge in [-0.1, -0.05) is 71.1 Å². The number of rotatable bonds is 6. The fraction of sp³-hybridized carbons (Fsp3) is 0.130. The molecule has 32 heavy (non-hydrogen) atoms.